The van der Waals surface area contributed by atoms with Crippen LogP contribution in [0.1, 0.15) is 46.0 Å². The molecule has 0 aromatic heterocycles. The van der Waals surface area contributed by atoms with E-state index in [1.165, 1.54) is 0 Å². The largest absolute Gasteiger partial charge is 0.409 e. The van der Waals surface area contributed by atoms with Crippen LogP contribution in [0.3, 0.4) is 0 Å². The maximum atomic E-state index is 12.1. The molecule has 0 radical (unpaired) electrons. The Kier molecular flexibility index (Phi) is 7.38. The summed E-state index contributed by atoms with van der Waals surface area (Å²) in [6.07, 6.45) is -4.17. The van der Waals surface area contributed by atoms with Crippen LogP contribution in [0, 0.1) is 5.41 Å². The predicted molar refractivity (Wildman–Crippen MR) is 69.3 cm³/mol. The van der Waals surface area contributed by atoms with Crippen LogP contribution in [0.4, 0.5) is 13.2 Å². The number of oxime groups is 1. The second-order valence-corrected chi connectivity index (χ2v) is 4.60. The monoisotopic (exact) mass is 297 g/mol. The van der Waals surface area contributed by atoms with Crippen molar-refractivity contribution in [2.75, 3.05) is 6.54 Å². The number of rotatable bonds is 8. The molecule has 0 rings (SSSR count). The first-order valence-corrected chi connectivity index (χ1v) is 6.56. The standard InChI is InChI=1S/C12H22F3N3O2/c1-3-11(4-2,9(16)18-20)10(19)17-8-6-5-7-12(13,14)15/h20H,3-8H2,1-2H3,(H2,16,18)(H,17,19). The molecule has 118 valence electrons. The van der Waals surface area contributed by atoms with E-state index in [-0.39, 0.29) is 25.2 Å². The van der Waals surface area contributed by atoms with Gasteiger partial charge in [-0.05, 0) is 25.7 Å². The number of hydrogen-bond acceptors (Lipinski definition) is 3. The van der Waals surface area contributed by atoms with Gasteiger partial charge in [-0.1, -0.05) is 19.0 Å². The Morgan fingerprint density at radius 2 is 1.80 bits per heavy atom. The number of nitrogens with zero attached hydrogens (tertiary/aromatic N) is 1. The summed E-state index contributed by atoms with van der Waals surface area (Å²) in [6, 6.07) is 0. The maximum Gasteiger partial charge on any atom is 0.389 e. The molecule has 0 unspecified atom stereocenters. The van der Waals surface area contributed by atoms with Crippen molar-refractivity contribution < 1.29 is 23.2 Å². The molecule has 0 saturated heterocycles. The molecule has 0 bridgehead atoms. The van der Waals surface area contributed by atoms with Crippen LogP contribution >= 0.6 is 0 Å². The zero-order valence-corrected chi connectivity index (χ0v) is 11.8. The van der Waals surface area contributed by atoms with Crippen molar-refractivity contribution in [1.82, 2.24) is 5.32 Å². The number of carbonyl (C=O) groups excluding carboxylic acids is 1. The molecule has 0 atom stereocenters. The summed E-state index contributed by atoms with van der Waals surface area (Å²) in [6.45, 7) is 3.59. The molecular formula is C12H22F3N3O2. The summed E-state index contributed by atoms with van der Waals surface area (Å²) in [5, 5.41) is 14.2. The molecule has 1 amide bonds. The minimum Gasteiger partial charge on any atom is -0.409 e. The van der Waals surface area contributed by atoms with Gasteiger partial charge >= 0.3 is 6.18 Å². The molecule has 0 aliphatic rings. The van der Waals surface area contributed by atoms with Gasteiger partial charge in [-0.25, -0.2) is 0 Å². The van der Waals surface area contributed by atoms with Crippen LogP contribution < -0.4 is 11.1 Å². The average Bonchev–Trinajstić information content (AvgIpc) is 2.38. The average molecular weight is 297 g/mol. The van der Waals surface area contributed by atoms with Gasteiger partial charge in [-0.3, -0.25) is 4.79 Å². The van der Waals surface area contributed by atoms with Gasteiger partial charge in [0.1, 0.15) is 5.41 Å². The Bertz CT molecular complexity index is 339. The highest BCUT2D eigenvalue weighted by atomic mass is 19.4. The number of hydrogen-bond donors (Lipinski definition) is 3. The minimum atomic E-state index is -4.17. The Morgan fingerprint density at radius 1 is 1.25 bits per heavy atom. The highest BCUT2D eigenvalue weighted by Gasteiger charge is 2.39. The molecule has 0 aromatic rings. The lowest BCUT2D eigenvalue weighted by Crippen LogP contribution is -2.49. The van der Waals surface area contributed by atoms with E-state index >= 15 is 0 Å². The first kappa shape index (κ1) is 18.5. The Labute approximate surface area is 116 Å². The van der Waals surface area contributed by atoms with E-state index in [0.717, 1.165) is 0 Å². The first-order chi connectivity index (χ1) is 9.23. The fourth-order valence-corrected chi connectivity index (χ4v) is 1.97. The second kappa shape index (κ2) is 7.96. The quantitative estimate of drug-likeness (QED) is 0.211. The van der Waals surface area contributed by atoms with Gasteiger partial charge in [0.05, 0.1) is 0 Å². The summed E-state index contributed by atoms with van der Waals surface area (Å²) in [7, 11) is 0. The number of unbranched alkanes of at least 4 members (excludes halogenated alkanes) is 1. The molecule has 0 saturated carbocycles. The van der Waals surface area contributed by atoms with Crippen molar-refractivity contribution in [2.45, 2.75) is 52.1 Å². The van der Waals surface area contributed by atoms with Gasteiger partial charge in [0.2, 0.25) is 5.91 Å². The van der Waals surface area contributed by atoms with Crippen molar-refractivity contribution >= 4 is 11.7 Å². The second-order valence-electron chi connectivity index (χ2n) is 4.60. The molecule has 0 fully saturated rings. The summed E-state index contributed by atoms with van der Waals surface area (Å²) < 4.78 is 35.8. The summed E-state index contributed by atoms with van der Waals surface area (Å²) in [5.41, 5.74) is 4.44. The topological polar surface area (TPSA) is 87.7 Å². The number of halogens is 3. The van der Waals surface area contributed by atoms with Gasteiger partial charge in [0, 0.05) is 13.0 Å². The number of alkyl halides is 3. The van der Waals surface area contributed by atoms with Crippen molar-refractivity contribution in [3.63, 3.8) is 0 Å². The maximum absolute atomic E-state index is 12.1. The Morgan fingerprint density at radius 3 is 2.20 bits per heavy atom. The Balaban J connectivity index is 4.37. The van der Waals surface area contributed by atoms with E-state index in [2.05, 4.69) is 10.5 Å². The highest BCUT2D eigenvalue weighted by Crippen LogP contribution is 2.27. The molecule has 0 spiro atoms. The van der Waals surface area contributed by atoms with Crippen molar-refractivity contribution in [3.05, 3.63) is 0 Å². The van der Waals surface area contributed by atoms with Crippen LogP contribution in [0.2, 0.25) is 0 Å². The van der Waals surface area contributed by atoms with E-state index in [1.807, 2.05) is 0 Å². The lowest BCUT2D eigenvalue weighted by atomic mass is 9.80. The third-order valence-electron chi connectivity index (χ3n) is 3.41. The molecule has 0 aliphatic carbocycles. The smallest absolute Gasteiger partial charge is 0.389 e. The van der Waals surface area contributed by atoms with Gasteiger partial charge in [-0.2, -0.15) is 13.2 Å². The summed E-state index contributed by atoms with van der Waals surface area (Å²) in [4.78, 5) is 12.1. The van der Waals surface area contributed by atoms with Gasteiger partial charge in [0.15, 0.2) is 5.84 Å². The SMILES string of the molecule is CCC(CC)(C(=O)NCCCCC(F)(F)F)C(N)=NO. The van der Waals surface area contributed by atoms with Gasteiger partial charge in [-0.15, -0.1) is 0 Å². The number of amidine groups is 1. The zero-order valence-electron chi connectivity index (χ0n) is 11.8. The van der Waals surface area contributed by atoms with Gasteiger partial charge < -0.3 is 16.3 Å². The van der Waals surface area contributed by atoms with E-state index < -0.39 is 23.9 Å². The van der Waals surface area contributed by atoms with Crippen molar-refractivity contribution in [1.29, 1.82) is 0 Å². The predicted octanol–water partition coefficient (Wildman–Crippen LogP) is 2.39. The molecule has 0 heterocycles. The fourth-order valence-electron chi connectivity index (χ4n) is 1.97. The van der Waals surface area contributed by atoms with Gasteiger partial charge in [0.25, 0.3) is 0 Å². The zero-order chi connectivity index (χ0) is 15.8. The summed E-state index contributed by atoms with van der Waals surface area (Å²) >= 11 is 0. The molecular weight excluding hydrogens is 275 g/mol. The van der Waals surface area contributed by atoms with Crippen LogP contribution in [0.25, 0.3) is 0 Å². The molecule has 0 aliphatic heterocycles. The minimum absolute atomic E-state index is 0.0431. The van der Waals surface area contributed by atoms with E-state index in [9.17, 15) is 18.0 Å². The van der Waals surface area contributed by atoms with E-state index in [1.54, 1.807) is 13.8 Å². The lowest BCUT2D eigenvalue weighted by Gasteiger charge is -2.28. The molecule has 20 heavy (non-hydrogen) atoms. The normalized spacial score (nSPS) is 13.3. The molecule has 8 heteroatoms. The van der Waals surface area contributed by atoms with Crippen LogP contribution in [-0.2, 0) is 4.79 Å². The number of nitrogens with two attached hydrogens (primary N) is 1. The third-order valence-corrected chi connectivity index (χ3v) is 3.41. The lowest BCUT2D eigenvalue weighted by molar-refractivity contribution is -0.135. The van der Waals surface area contributed by atoms with Crippen molar-refractivity contribution in [3.8, 4) is 0 Å². The summed E-state index contributed by atoms with van der Waals surface area (Å²) in [5.74, 6) is -0.611. The van der Waals surface area contributed by atoms with Crippen molar-refractivity contribution in [2.24, 2.45) is 16.3 Å². The fraction of sp³-hybridized carbons (Fsp3) is 0.833. The number of carbonyl (C=O) groups is 1. The van der Waals surface area contributed by atoms with E-state index in [4.69, 9.17) is 10.9 Å². The molecule has 0 aromatic carbocycles. The van der Waals surface area contributed by atoms with Crippen LogP contribution in [-0.4, -0.2) is 29.7 Å². The number of nitrogens with one attached hydrogen (secondary N) is 1. The number of amides is 1. The molecule has 4 N–H and O–H groups in total. The first-order valence-electron chi connectivity index (χ1n) is 6.56. The third kappa shape index (κ3) is 5.26. The van der Waals surface area contributed by atoms with Crippen LogP contribution in [0.5, 0.6) is 0 Å². The van der Waals surface area contributed by atoms with E-state index in [0.29, 0.717) is 12.8 Å². The Hall–Kier alpha value is -1.47. The highest BCUT2D eigenvalue weighted by molar-refractivity contribution is 6.06. The van der Waals surface area contributed by atoms with Crippen LogP contribution in [0.15, 0.2) is 5.16 Å². The molecule has 5 nitrogen and oxygen atoms in total.